The summed E-state index contributed by atoms with van der Waals surface area (Å²) in [4.78, 5) is 4.89. The second-order valence-corrected chi connectivity index (χ2v) is 6.49. The Morgan fingerprint density at radius 2 is 1.95 bits per heavy atom. The van der Waals surface area contributed by atoms with Crippen molar-refractivity contribution in [3.8, 4) is 11.3 Å². The Kier molecular flexibility index (Phi) is 3.94. The van der Waals surface area contributed by atoms with Gasteiger partial charge in [0.15, 0.2) is 0 Å². The summed E-state index contributed by atoms with van der Waals surface area (Å²) in [7, 11) is 2.03. The first-order valence-corrected chi connectivity index (χ1v) is 8.04. The van der Waals surface area contributed by atoms with Crippen molar-refractivity contribution >= 4 is 17.4 Å². The molecule has 2 N–H and O–H groups in total. The number of hydrogen-bond acceptors (Lipinski definition) is 2. The van der Waals surface area contributed by atoms with Gasteiger partial charge < -0.3 is 10.3 Å². The van der Waals surface area contributed by atoms with Crippen LogP contribution in [-0.4, -0.2) is 9.55 Å². The van der Waals surface area contributed by atoms with E-state index in [1.807, 2.05) is 25.2 Å². The van der Waals surface area contributed by atoms with Crippen LogP contribution in [-0.2, 0) is 7.05 Å². The van der Waals surface area contributed by atoms with Crippen molar-refractivity contribution in [3.63, 3.8) is 0 Å². The fraction of sp³-hybridized carbons (Fsp3) is 0.471. The zero-order chi connectivity index (χ0) is 15.0. The van der Waals surface area contributed by atoms with E-state index >= 15 is 0 Å². The second-order valence-electron chi connectivity index (χ2n) is 6.06. The van der Waals surface area contributed by atoms with Gasteiger partial charge in [-0.2, -0.15) is 0 Å². The summed E-state index contributed by atoms with van der Waals surface area (Å²) in [5.74, 6) is 2.44. The standard InChI is InChI=1S/C17H22ClN3/c1-11-10-13(18)8-9-14(11)15-16(19)21(2)17(20-15)12-6-4-3-5-7-12/h8-10,12H,3-7,19H2,1-2H3. The van der Waals surface area contributed by atoms with Crippen molar-refractivity contribution in [2.75, 3.05) is 5.73 Å². The van der Waals surface area contributed by atoms with Gasteiger partial charge in [-0.05, 0) is 37.5 Å². The van der Waals surface area contributed by atoms with E-state index in [4.69, 9.17) is 22.3 Å². The number of imidazole rings is 1. The quantitative estimate of drug-likeness (QED) is 0.875. The summed E-state index contributed by atoms with van der Waals surface area (Å²) < 4.78 is 2.07. The first-order chi connectivity index (χ1) is 10.1. The summed E-state index contributed by atoms with van der Waals surface area (Å²) in [6.07, 6.45) is 6.39. The number of aromatic nitrogens is 2. The molecule has 3 nitrogen and oxygen atoms in total. The molecule has 0 amide bonds. The smallest absolute Gasteiger partial charge is 0.131 e. The first kappa shape index (κ1) is 14.5. The van der Waals surface area contributed by atoms with Crippen molar-refractivity contribution in [3.05, 3.63) is 34.6 Å². The number of benzene rings is 1. The monoisotopic (exact) mass is 303 g/mol. The van der Waals surface area contributed by atoms with Crippen molar-refractivity contribution in [2.45, 2.75) is 44.9 Å². The Hall–Kier alpha value is -1.48. The minimum atomic E-state index is 0.549. The molecule has 0 unspecified atom stereocenters. The van der Waals surface area contributed by atoms with Crippen LogP contribution in [0.25, 0.3) is 11.3 Å². The normalized spacial score (nSPS) is 16.3. The van der Waals surface area contributed by atoms with Crippen LogP contribution in [0.3, 0.4) is 0 Å². The molecule has 4 heteroatoms. The third-order valence-electron chi connectivity index (χ3n) is 4.59. The maximum Gasteiger partial charge on any atom is 0.131 e. The van der Waals surface area contributed by atoms with Crippen molar-refractivity contribution in [1.82, 2.24) is 9.55 Å². The highest BCUT2D eigenvalue weighted by atomic mass is 35.5. The Bertz CT molecular complexity index is 654. The van der Waals surface area contributed by atoms with E-state index in [0.29, 0.717) is 5.92 Å². The van der Waals surface area contributed by atoms with Gasteiger partial charge in [0, 0.05) is 23.6 Å². The van der Waals surface area contributed by atoms with Crippen LogP contribution >= 0.6 is 11.6 Å². The number of nitrogen functional groups attached to an aromatic ring is 1. The summed E-state index contributed by atoms with van der Waals surface area (Å²) in [6.45, 7) is 2.05. The van der Waals surface area contributed by atoms with E-state index in [-0.39, 0.29) is 0 Å². The molecule has 0 saturated heterocycles. The molecule has 1 aliphatic carbocycles. The van der Waals surface area contributed by atoms with Gasteiger partial charge >= 0.3 is 0 Å². The van der Waals surface area contributed by atoms with Crippen LogP contribution < -0.4 is 5.73 Å². The largest absolute Gasteiger partial charge is 0.383 e. The van der Waals surface area contributed by atoms with Crippen LogP contribution in [0.1, 0.15) is 49.4 Å². The SMILES string of the molecule is Cc1cc(Cl)ccc1-c1nc(C2CCCCC2)n(C)c1N. The molecule has 0 aliphatic heterocycles. The zero-order valence-electron chi connectivity index (χ0n) is 12.7. The Morgan fingerprint density at radius 3 is 2.62 bits per heavy atom. The van der Waals surface area contributed by atoms with Crippen molar-refractivity contribution < 1.29 is 0 Å². The van der Waals surface area contributed by atoms with Crippen molar-refractivity contribution in [1.29, 1.82) is 0 Å². The van der Waals surface area contributed by atoms with Crippen LogP contribution in [0.4, 0.5) is 5.82 Å². The average Bonchev–Trinajstić information content (AvgIpc) is 2.77. The highest BCUT2D eigenvalue weighted by Gasteiger charge is 2.23. The van der Waals surface area contributed by atoms with Crippen LogP contribution in [0.2, 0.25) is 5.02 Å². The number of rotatable bonds is 2. The number of aryl methyl sites for hydroxylation is 1. The summed E-state index contributed by atoms with van der Waals surface area (Å²) in [5.41, 5.74) is 9.40. The Labute approximate surface area is 131 Å². The van der Waals surface area contributed by atoms with E-state index < -0.39 is 0 Å². The second kappa shape index (κ2) is 5.72. The van der Waals surface area contributed by atoms with Gasteiger partial charge in [0.2, 0.25) is 0 Å². The van der Waals surface area contributed by atoms with Crippen LogP contribution in [0.15, 0.2) is 18.2 Å². The predicted molar refractivity (Wildman–Crippen MR) is 88.6 cm³/mol. The molecule has 1 aliphatic rings. The molecule has 0 atom stereocenters. The van der Waals surface area contributed by atoms with Crippen LogP contribution in [0.5, 0.6) is 0 Å². The van der Waals surface area contributed by atoms with Gasteiger partial charge in [0.25, 0.3) is 0 Å². The molecule has 3 rings (SSSR count). The molecule has 0 radical (unpaired) electrons. The number of anilines is 1. The third-order valence-corrected chi connectivity index (χ3v) is 4.82. The minimum absolute atomic E-state index is 0.549. The molecule has 1 saturated carbocycles. The molecule has 1 fully saturated rings. The topological polar surface area (TPSA) is 43.8 Å². The number of halogens is 1. The highest BCUT2D eigenvalue weighted by molar-refractivity contribution is 6.30. The lowest BCUT2D eigenvalue weighted by atomic mass is 9.89. The molecule has 0 spiro atoms. The average molecular weight is 304 g/mol. The van der Waals surface area contributed by atoms with E-state index in [1.54, 1.807) is 0 Å². The lowest BCUT2D eigenvalue weighted by molar-refractivity contribution is 0.422. The van der Waals surface area contributed by atoms with E-state index in [0.717, 1.165) is 33.5 Å². The van der Waals surface area contributed by atoms with Crippen LogP contribution in [0, 0.1) is 6.92 Å². The van der Waals surface area contributed by atoms with Gasteiger partial charge in [-0.1, -0.05) is 36.9 Å². The zero-order valence-corrected chi connectivity index (χ0v) is 13.5. The van der Waals surface area contributed by atoms with Gasteiger partial charge in [-0.3, -0.25) is 0 Å². The van der Waals surface area contributed by atoms with Gasteiger partial charge in [0.05, 0.1) is 0 Å². The summed E-state index contributed by atoms with van der Waals surface area (Å²) >= 11 is 6.05. The van der Waals surface area contributed by atoms with E-state index in [2.05, 4.69) is 11.5 Å². The highest BCUT2D eigenvalue weighted by Crippen LogP contribution is 2.36. The fourth-order valence-electron chi connectivity index (χ4n) is 3.35. The molecule has 112 valence electrons. The number of hydrogen-bond donors (Lipinski definition) is 1. The molecule has 0 bridgehead atoms. The molecule has 1 aromatic heterocycles. The summed E-state index contributed by atoms with van der Waals surface area (Å²) in [5, 5.41) is 0.748. The lowest BCUT2D eigenvalue weighted by Crippen LogP contribution is -2.11. The minimum Gasteiger partial charge on any atom is -0.383 e. The Balaban J connectivity index is 2.03. The van der Waals surface area contributed by atoms with E-state index in [9.17, 15) is 0 Å². The number of nitrogens with zero attached hydrogens (tertiary/aromatic N) is 2. The molecular weight excluding hydrogens is 282 g/mol. The molecule has 2 aromatic rings. The maximum atomic E-state index is 6.32. The predicted octanol–water partition coefficient (Wildman–Crippen LogP) is 4.68. The molecule has 21 heavy (non-hydrogen) atoms. The van der Waals surface area contributed by atoms with Gasteiger partial charge in [0.1, 0.15) is 17.3 Å². The van der Waals surface area contributed by atoms with Gasteiger partial charge in [-0.15, -0.1) is 0 Å². The maximum absolute atomic E-state index is 6.32. The molecule has 1 aromatic carbocycles. The molecule has 1 heterocycles. The number of nitrogens with two attached hydrogens (primary N) is 1. The first-order valence-electron chi connectivity index (χ1n) is 7.66. The van der Waals surface area contributed by atoms with E-state index in [1.165, 1.54) is 32.1 Å². The van der Waals surface area contributed by atoms with Gasteiger partial charge in [-0.25, -0.2) is 4.98 Å². The lowest BCUT2D eigenvalue weighted by Gasteiger charge is -2.21. The summed E-state index contributed by atoms with van der Waals surface area (Å²) in [6, 6.07) is 5.88. The Morgan fingerprint density at radius 1 is 1.24 bits per heavy atom. The van der Waals surface area contributed by atoms with Crippen molar-refractivity contribution in [2.24, 2.45) is 7.05 Å². The third kappa shape index (κ3) is 2.67. The fourth-order valence-corrected chi connectivity index (χ4v) is 3.57. The molecular formula is C17H22ClN3.